The number of amides is 1. The lowest BCUT2D eigenvalue weighted by molar-refractivity contribution is -0.110. The maximum absolute atomic E-state index is 13.4. The molecular weight excluding hydrogens is 552 g/mol. The summed E-state index contributed by atoms with van der Waals surface area (Å²) in [6.07, 6.45) is 2.80. The molecule has 214 valence electrons. The molecule has 2 fully saturated rings. The van der Waals surface area contributed by atoms with Crippen molar-refractivity contribution in [1.29, 1.82) is 0 Å². The molecule has 3 aromatic rings. The Morgan fingerprint density at radius 3 is 2.55 bits per heavy atom. The number of thiazole rings is 1. The summed E-state index contributed by atoms with van der Waals surface area (Å²) >= 11 is 1.27. The van der Waals surface area contributed by atoms with Gasteiger partial charge in [0.15, 0.2) is 26.8 Å². The topological polar surface area (TPSA) is 126 Å². The first kappa shape index (κ1) is 28.4. The number of nitrogens with one attached hydrogen (secondary N) is 1. The fourth-order valence-electron chi connectivity index (χ4n) is 4.29. The van der Waals surface area contributed by atoms with Crippen LogP contribution in [0.25, 0.3) is 10.3 Å². The predicted molar refractivity (Wildman–Crippen MR) is 156 cm³/mol. The first-order valence-electron chi connectivity index (χ1n) is 13.3. The quantitative estimate of drug-likeness (QED) is 0.252. The van der Waals surface area contributed by atoms with Crippen molar-refractivity contribution in [2.75, 3.05) is 57.7 Å². The van der Waals surface area contributed by atoms with Gasteiger partial charge < -0.3 is 19.4 Å². The first-order valence-corrected chi connectivity index (χ1v) is 15.7. The molecule has 2 aliphatic rings. The van der Waals surface area contributed by atoms with Crippen molar-refractivity contribution in [1.82, 2.24) is 14.9 Å². The maximum Gasteiger partial charge on any atom is 0.280 e. The Balaban J connectivity index is 1.33. The van der Waals surface area contributed by atoms with Gasteiger partial charge in [0, 0.05) is 25.6 Å². The molecule has 1 amide bonds. The monoisotopic (exact) mass is 586 g/mol. The number of rotatable bonds is 12. The molecule has 1 aromatic carbocycles. The Hall–Kier alpha value is -3.13. The zero-order valence-corrected chi connectivity index (χ0v) is 24.5. The molecule has 1 saturated heterocycles. The number of carbonyl (C=O) groups excluding carboxylic acids is 1. The Kier molecular flexibility index (Phi) is 8.64. The van der Waals surface area contributed by atoms with Gasteiger partial charge >= 0.3 is 0 Å². The van der Waals surface area contributed by atoms with E-state index in [1.807, 2.05) is 19.2 Å². The summed E-state index contributed by atoms with van der Waals surface area (Å²) in [5, 5.41) is 7.06. The molecule has 1 saturated carbocycles. The van der Waals surface area contributed by atoms with Gasteiger partial charge in [0.25, 0.3) is 5.91 Å². The highest BCUT2D eigenvalue weighted by molar-refractivity contribution is 7.92. The molecule has 1 aliphatic carbocycles. The maximum atomic E-state index is 13.4. The van der Waals surface area contributed by atoms with Gasteiger partial charge in [0.05, 0.1) is 23.4 Å². The molecule has 0 spiro atoms. The molecule has 40 heavy (non-hydrogen) atoms. The van der Waals surface area contributed by atoms with Gasteiger partial charge in [-0.1, -0.05) is 28.6 Å². The molecule has 1 atom stereocenters. The van der Waals surface area contributed by atoms with E-state index in [9.17, 15) is 13.2 Å². The number of aromatic nitrogens is 2. The number of anilines is 2. The number of sulfone groups is 1. The number of nitrogens with zero attached hydrogens (tertiary/aromatic N) is 5. The van der Waals surface area contributed by atoms with Gasteiger partial charge in [0.2, 0.25) is 0 Å². The van der Waals surface area contributed by atoms with Gasteiger partial charge in [-0.05, 0) is 64.2 Å². The molecule has 3 heterocycles. The van der Waals surface area contributed by atoms with E-state index in [-0.39, 0.29) is 22.0 Å². The molecule has 5 rings (SSSR count). The van der Waals surface area contributed by atoms with Crippen molar-refractivity contribution < 1.29 is 22.8 Å². The second-order valence-electron chi connectivity index (χ2n) is 10.3. The molecule has 2 aromatic heterocycles. The number of fused-ring (bicyclic) bond motifs is 1. The van der Waals surface area contributed by atoms with E-state index in [2.05, 4.69) is 39.4 Å². The van der Waals surface area contributed by atoms with Crippen LogP contribution < -0.4 is 10.2 Å². The minimum absolute atomic E-state index is 0.0239. The first-order chi connectivity index (χ1) is 19.2. The highest BCUT2D eigenvalue weighted by atomic mass is 32.2. The largest absolute Gasteiger partial charge is 0.389 e. The van der Waals surface area contributed by atoms with Crippen LogP contribution in [0.15, 0.2) is 46.4 Å². The number of carbonyl (C=O) groups is 1. The summed E-state index contributed by atoms with van der Waals surface area (Å²) in [6, 6.07) is 10.0. The normalized spacial score (nSPS) is 17.9. The molecule has 0 unspecified atom stereocenters. The Bertz CT molecular complexity index is 1480. The highest BCUT2D eigenvalue weighted by Gasteiger charge is 2.36. The van der Waals surface area contributed by atoms with Crippen LogP contribution in [0.2, 0.25) is 0 Å². The molecular formula is C27H34N6O5S2. The minimum atomic E-state index is -3.35. The molecule has 0 radical (unpaired) electrons. The number of ether oxygens (including phenoxy) is 1. The lowest BCUT2D eigenvalue weighted by Gasteiger charge is -2.19. The molecule has 13 heteroatoms. The van der Waals surface area contributed by atoms with Crippen LogP contribution in [0.3, 0.4) is 0 Å². The van der Waals surface area contributed by atoms with Gasteiger partial charge in [-0.3, -0.25) is 10.1 Å². The molecule has 11 nitrogen and oxygen atoms in total. The SMILES string of the molecule is CN(C)CCCN(C)c1ccc2nc(NC(=O)C(=NO[C@@H]3CCOC3)c3ccc(S(=O)(=O)C4CC4)cc3)sc2n1. The predicted octanol–water partition coefficient (Wildman–Crippen LogP) is 3.16. The van der Waals surface area contributed by atoms with E-state index in [4.69, 9.17) is 14.6 Å². The van der Waals surface area contributed by atoms with E-state index in [1.165, 1.54) is 23.5 Å². The van der Waals surface area contributed by atoms with Crippen LogP contribution in [-0.4, -0.2) is 93.7 Å². The van der Waals surface area contributed by atoms with Gasteiger partial charge in [0.1, 0.15) is 16.2 Å². The molecule has 1 N–H and O–H groups in total. The zero-order valence-electron chi connectivity index (χ0n) is 22.9. The summed E-state index contributed by atoms with van der Waals surface area (Å²) in [7, 11) is 2.77. The van der Waals surface area contributed by atoms with E-state index in [0.29, 0.717) is 53.5 Å². The summed E-state index contributed by atoms with van der Waals surface area (Å²) in [6.45, 7) is 2.82. The zero-order chi connectivity index (χ0) is 28.3. The van der Waals surface area contributed by atoms with Crippen molar-refractivity contribution >= 4 is 54.1 Å². The molecule has 1 aliphatic heterocycles. The lowest BCUT2D eigenvalue weighted by atomic mass is 10.1. The lowest BCUT2D eigenvalue weighted by Crippen LogP contribution is -2.25. The van der Waals surface area contributed by atoms with Crippen LogP contribution in [-0.2, 0) is 24.2 Å². The van der Waals surface area contributed by atoms with Crippen molar-refractivity contribution in [3.63, 3.8) is 0 Å². The van der Waals surface area contributed by atoms with Gasteiger partial charge in [-0.15, -0.1) is 0 Å². The Morgan fingerprint density at radius 2 is 1.88 bits per heavy atom. The number of hydrogen-bond acceptors (Lipinski definition) is 11. The van der Waals surface area contributed by atoms with Crippen molar-refractivity contribution in [3.8, 4) is 0 Å². The third kappa shape index (κ3) is 6.77. The Morgan fingerprint density at radius 1 is 1.10 bits per heavy atom. The van der Waals surface area contributed by atoms with Crippen LogP contribution in [0.1, 0.15) is 31.2 Å². The van der Waals surface area contributed by atoms with Crippen molar-refractivity contribution in [2.24, 2.45) is 5.16 Å². The number of hydrogen-bond donors (Lipinski definition) is 1. The third-order valence-electron chi connectivity index (χ3n) is 6.77. The van der Waals surface area contributed by atoms with E-state index >= 15 is 0 Å². The average Bonchev–Trinajstić information content (AvgIpc) is 3.53. The minimum Gasteiger partial charge on any atom is -0.389 e. The second-order valence-corrected chi connectivity index (χ2v) is 13.6. The van der Waals surface area contributed by atoms with Crippen LogP contribution in [0.5, 0.6) is 0 Å². The Labute approximate surface area is 238 Å². The van der Waals surface area contributed by atoms with E-state index in [1.54, 1.807) is 12.1 Å². The average molecular weight is 587 g/mol. The van der Waals surface area contributed by atoms with Crippen LogP contribution in [0.4, 0.5) is 10.9 Å². The molecule has 0 bridgehead atoms. The van der Waals surface area contributed by atoms with Crippen molar-refractivity contribution in [2.45, 2.75) is 41.9 Å². The fourth-order valence-corrected chi connectivity index (χ4v) is 6.78. The van der Waals surface area contributed by atoms with Gasteiger partial charge in [-0.2, -0.15) is 0 Å². The summed E-state index contributed by atoms with van der Waals surface area (Å²) in [5.41, 5.74) is 1.14. The standard InChI is InChI=1S/C27H34N6O5S2/c1-32(2)14-4-15-33(3)23-12-11-22-26(29-23)39-27(28-22)30-25(34)24(31-38-19-13-16-37-17-19)18-5-7-20(8-6-18)40(35,36)21-9-10-21/h5-8,11-12,19,21H,4,9-10,13-17H2,1-3H3,(H,28,30,34)/t19-/m1/s1. The van der Waals surface area contributed by atoms with E-state index < -0.39 is 15.7 Å². The van der Waals surface area contributed by atoms with Gasteiger partial charge in [-0.25, -0.2) is 18.4 Å². The van der Waals surface area contributed by atoms with Crippen molar-refractivity contribution in [3.05, 3.63) is 42.0 Å². The highest BCUT2D eigenvalue weighted by Crippen LogP contribution is 2.33. The third-order valence-corrected chi connectivity index (χ3v) is 9.93. The second kappa shape index (κ2) is 12.2. The van der Waals surface area contributed by atoms with Crippen LogP contribution in [0, 0.1) is 0 Å². The summed E-state index contributed by atoms with van der Waals surface area (Å²) in [4.78, 5) is 33.5. The van der Waals surface area contributed by atoms with E-state index in [0.717, 1.165) is 25.3 Å². The number of benzene rings is 1. The van der Waals surface area contributed by atoms with Crippen LogP contribution >= 0.6 is 11.3 Å². The summed E-state index contributed by atoms with van der Waals surface area (Å²) in [5.74, 6) is 0.320. The smallest absolute Gasteiger partial charge is 0.280 e. The number of oxime groups is 1. The fraction of sp³-hybridized carbons (Fsp3) is 0.481. The number of pyridine rings is 1. The summed E-state index contributed by atoms with van der Waals surface area (Å²) < 4.78 is 30.6.